The first kappa shape index (κ1) is 20.0. The van der Waals surface area contributed by atoms with E-state index in [9.17, 15) is 0 Å². The van der Waals surface area contributed by atoms with Gasteiger partial charge in [0.15, 0.2) is 5.96 Å². The highest BCUT2D eigenvalue weighted by atomic mass is 16.5. The molecule has 1 N–H and O–H groups in total. The minimum Gasteiger partial charge on any atom is -0.381 e. The fraction of sp³-hybridized carbons (Fsp3) is 0.833. The second kappa shape index (κ2) is 13.4. The molecule has 5 heteroatoms. The van der Waals surface area contributed by atoms with Crippen molar-refractivity contribution in [3.8, 4) is 0 Å². The van der Waals surface area contributed by atoms with Crippen LogP contribution in [0.25, 0.3) is 0 Å². The normalized spacial score (nSPS) is 18.2. The second-order valence-electron chi connectivity index (χ2n) is 6.19. The molecule has 1 atom stereocenters. The van der Waals surface area contributed by atoms with Gasteiger partial charge >= 0.3 is 0 Å². The van der Waals surface area contributed by atoms with Gasteiger partial charge in [-0.2, -0.15) is 0 Å². The first-order valence-corrected chi connectivity index (χ1v) is 8.96. The van der Waals surface area contributed by atoms with Gasteiger partial charge < -0.3 is 19.7 Å². The third kappa shape index (κ3) is 9.61. The van der Waals surface area contributed by atoms with Crippen molar-refractivity contribution in [2.75, 3.05) is 53.6 Å². The van der Waals surface area contributed by atoms with E-state index < -0.39 is 0 Å². The van der Waals surface area contributed by atoms with Gasteiger partial charge in [0, 0.05) is 46.3 Å². The Morgan fingerprint density at radius 3 is 2.96 bits per heavy atom. The third-order valence-electron chi connectivity index (χ3n) is 4.10. The van der Waals surface area contributed by atoms with E-state index in [2.05, 4.69) is 28.8 Å². The van der Waals surface area contributed by atoms with E-state index in [1.807, 2.05) is 13.1 Å². The number of hydrogen-bond donors (Lipinski definition) is 1. The third-order valence-corrected chi connectivity index (χ3v) is 4.10. The van der Waals surface area contributed by atoms with Gasteiger partial charge in [-0.15, -0.1) is 6.58 Å². The van der Waals surface area contributed by atoms with Crippen LogP contribution < -0.4 is 5.32 Å². The zero-order valence-corrected chi connectivity index (χ0v) is 15.1. The number of unbranched alkanes of at least 4 members (excludes halogenated alkanes) is 3. The smallest absolute Gasteiger partial charge is 0.193 e. The number of ether oxygens (including phenoxy) is 2. The van der Waals surface area contributed by atoms with Crippen LogP contribution in [-0.4, -0.2) is 64.5 Å². The van der Waals surface area contributed by atoms with E-state index in [0.29, 0.717) is 5.92 Å². The maximum atomic E-state index is 5.71. The van der Waals surface area contributed by atoms with Crippen LogP contribution in [0.2, 0.25) is 0 Å². The number of aliphatic imine (C=N–C) groups is 1. The van der Waals surface area contributed by atoms with Gasteiger partial charge in [-0.05, 0) is 32.1 Å². The Labute approximate surface area is 142 Å². The van der Waals surface area contributed by atoms with E-state index in [0.717, 1.165) is 64.7 Å². The predicted octanol–water partition coefficient (Wildman–Crippen LogP) is 2.68. The van der Waals surface area contributed by atoms with Gasteiger partial charge in [-0.25, -0.2) is 0 Å². The summed E-state index contributed by atoms with van der Waals surface area (Å²) < 4.78 is 11.1. The van der Waals surface area contributed by atoms with E-state index in [-0.39, 0.29) is 0 Å². The van der Waals surface area contributed by atoms with Gasteiger partial charge in [-0.1, -0.05) is 12.5 Å². The van der Waals surface area contributed by atoms with Gasteiger partial charge in [0.25, 0.3) is 0 Å². The van der Waals surface area contributed by atoms with Gasteiger partial charge in [0.05, 0.1) is 13.2 Å². The minimum absolute atomic E-state index is 0.600. The Morgan fingerprint density at radius 2 is 2.26 bits per heavy atom. The van der Waals surface area contributed by atoms with Crippen LogP contribution in [0, 0.1) is 5.92 Å². The summed E-state index contributed by atoms with van der Waals surface area (Å²) in [6, 6.07) is 0. The average Bonchev–Trinajstić information content (AvgIpc) is 3.07. The molecule has 1 unspecified atom stereocenters. The van der Waals surface area contributed by atoms with Crippen LogP contribution in [0.1, 0.15) is 38.5 Å². The lowest BCUT2D eigenvalue weighted by Crippen LogP contribution is -2.40. The number of rotatable bonds is 12. The van der Waals surface area contributed by atoms with Crippen molar-refractivity contribution < 1.29 is 9.47 Å². The van der Waals surface area contributed by atoms with E-state index in [1.54, 1.807) is 0 Å². The molecule has 1 heterocycles. The summed E-state index contributed by atoms with van der Waals surface area (Å²) >= 11 is 0. The molecule has 0 aromatic heterocycles. The Morgan fingerprint density at radius 1 is 1.39 bits per heavy atom. The largest absolute Gasteiger partial charge is 0.381 e. The highest BCUT2D eigenvalue weighted by molar-refractivity contribution is 5.79. The lowest BCUT2D eigenvalue weighted by Gasteiger charge is -2.22. The summed E-state index contributed by atoms with van der Waals surface area (Å²) in [6.07, 6.45) is 8.91. The summed E-state index contributed by atoms with van der Waals surface area (Å²) in [5.74, 6) is 1.57. The van der Waals surface area contributed by atoms with Gasteiger partial charge in [0.1, 0.15) is 0 Å². The molecule has 5 nitrogen and oxygen atoms in total. The lowest BCUT2D eigenvalue weighted by molar-refractivity contribution is 0.0887. The van der Waals surface area contributed by atoms with E-state index >= 15 is 0 Å². The molecule has 0 saturated carbocycles. The number of hydrogen-bond acceptors (Lipinski definition) is 3. The quantitative estimate of drug-likeness (QED) is 0.259. The molecule has 1 rings (SSSR count). The zero-order chi connectivity index (χ0) is 16.8. The SMILES string of the molecule is C=CCCCCCN(C)C(=NC)NCCCOCC1CCOC1. The molecular formula is C18H35N3O2. The molecule has 23 heavy (non-hydrogen) atoms. The topological polar surface area (TPSA) is 46.1 Å². The summed E-state index contributed by atoms with van der Waals surface area (Å²) in [4.78, 5) is 6.54. The summed E-state index contributed by atoms with van der Waals surface area (Å²) in [7, 11) is 3.94. The highest BCUT2D eigenvalue weighted by Gasteiger charge is 2.15. The van der Waals surface area contributed by atoms with Crippen molar-refractivity contribution in [3.05, 3.63) is 12.7 Å². The van der Waals surface area contributed by atoms with E-state index in [1.165, 1.54) is 19.3 Å². The molecule has 0 aromatic carbocycles. The van der Waals surface area contributed by atoms with Gasteiger partial charge in [-0.3, -0.25) is 4.99 Å². The minimum atomic E-state index is 0.600. The van der Waals surface area contributed by atoms with Crippen LogP contribution in [0.3, 0.4) is 0 Å². The van der Waals surface area contributed by atoms with Crippen molar-refractivity contribution in [2.24, 2.45) is 10.9 Å². The molecule has 0 radical (unpaired) electrons. The maximum absolute atomic E-state index is 5.71. The Bertz CT molecular complexity index is 328. The van der Waals surface area contributed by atoms with E-state index in [4.69, 9.17) is 9.47 Å². The zero-order valence-electron chi connectivity index (χ0n) is 15.1. The predicted molar refractivity (Wildman–Crippen MR) is 97.0 cm³/mol. The summed E-state index contributed by atoms with van der Waals surface area (Å²) in [5, 5.41) is 3.40. The van der Waals surface area contributed by atoms with Crippen molar-refractivity contribution in [1.29, 1.82) is 0 Å². The molecule has 0 bridgehead atoms. The Balaban J connectivity index is 2.00. The molecule has 1 aliphatic rings. The monoisotopic (exact) mass is 325 g/mol. The second-order valence-corrected chi connectivity index (χ2v) is 6.19. The lowest BCUT2D eigenvalue weighted by atomic mass is 10.1. The van der Waals surface area contributed by atoms with Crippen LogP contribution >= 0.6 is 0 Å². The highest BCUT2D eigenvalue weighted by Crippen LogP contribution is 2.12. The molecule has 1 fully saturated rings. The van der Waals surface area contributed by atoms with Crippen molar-refractivity contribution >= 4 is 5.96 Å². The first-order valence-electron chi connectivity index (χ1n) is 8.96. The van der Waals surface area contributed by atoms with Gasteiger partial charge in [0.2, 0.25) is 0 Å². The molecule has 0 aliphatic carbocycles. The Hall–Kier alpha value is -1.07. The van der Waals surface area contributed by atoms with Crippen molar-refractivity contribution in [1.82, 2.24) is 10.2 Å². The van der Waals surface area contributed by atoms with Crippen molar-refractivity contribution in [2.45, 2.75) is 38.5 Å². The molecule has 0 amide bonds. The first-order chi connectivity index (χ1) is 11.3. The summed E-state index contributed by atoms with van der Waals surface area (Å²) in [5.41, 5.74) is 0. The number of allylic oxidation sites excluding steroid dienone is 1. The molecule has 1 saturated heterocycles. The van der Waals surface area contributed by atoms with Crippen LogP contribution in [-0.2, 0) is 9.47 Å². The molecule has 1 aliphatic heterocycles. The fourth-order valence-corrected chi connectivity index (χ4v) is 2.64. The maximum Gasteiger partial charge on any atom is 0.193 e. The van der Waals surface area contributed by atoms with Crippen molar-refractivity contribution in [3.63, 3.8) is 0 Å². The van der Waals surface area contributed by atoms with Crippen LogP contribution in [0.5, 0.6) is 0 Å². The van der Waals surface area contributed by atoms with Crippen LogP contribution in [0.15, 0.2) is 17.6 Å². The number of nitrogens with zero attached hydrogens (tertiary/aromatic N) is 2. The molecular weight excluding hydrogens is 290 g/mol. The average molecular weight is 325 g/mol. The number of guanidine groups is 1. The molecule has 134 valence electrons. The summed E-state index contributed by atoms with van der Waals surface area (Å²) in [6.45, 7) is 9.08. The number of nitrogens with one attached hydrogen (secondary N) is 1. The fourth-order valence-electron chi connectivity index (χ4n) is 2.64. The molecule has 0 aromatic rings. The van der Waals surface area contributed by atoms with Crippen LogP contribution in [0.4, 0.5) is 0 Å². The molecule has 0 spiro atoms. The standard InChI is InChI=1S/C18H35N3O2/c1-4-5-6-7-8-12-21(3)18(19-2)20-11-9-13-22-15-17-10-14-23-16-17/h4,17H,1,5-16H2,2-3H3,(H,19,20). The Kier molecular flexibility index (Phi) is 11.6.